The molecule has 150 valence electrons. The average Bonchev–Trinajstić information content (AvgIpc) is 3.08. The Morgan fingerprint density at radius 3 is 3.03 bits per heavy atom. The second-order valence-corrected chi connectivity index (χ2v) is 7.97. The minimum Gasteiger partial charge on any atom is -0.492 e. The van der Waals surface area contributed by atoms with Crippen molar-refractivity contribution in [2.45, 2.75) is 26.2 Å². The summed E-state index contributed by atoms with van der Waals surface area (Å²) in [5, 5.41) is 19.4. The smallest absolute Gasteiger partial charge is 0.306 e. The fourth-order valence-electron chi connectivity index (χ4n) is 3.67. The first-order valence-electron chi connectivity index (χ1n) is 9.38. The molecule has 3 aromatic rings. The minimum absolute atomic E-state index is 0.343. The number of thiophene rings is 1. The van der Waals surface area contributed by atoms with Gasteiger partial charge in [-0.3, -0.25) is 10.2 Å². The summed E-state index contributed by atoms with van der Waals surface area (Å²) in [6.07, 6.45) is 4.79. The Balaban J connectivity index is 1.78. The number of benzene rings is 1. The van der Waals surface area contributed by atoms with Gasteiger partial charge in [0.2, 0.25) is 0 Å². The largest absolute Gasteiger partial charge is 0.492 e. The Kier molecular flexibility index (Phi) is 5.06. The number of carboxylic acids is 1. The number of hydrogen-bond donors (Lipinski definition) is 4. The highest BCUT2D eigenvalue weighted by Gasteiger charge is 2.29. The number of aryl methyl sites for hydroxylation is 1. The van der Waals surface area contributed by atoms with Crippen LogP contribution in [-0.4, -0.2) is 33.9 Å². The van der Waals surface area contributed by atoms with Crippen molar-refractivity contribution in [3.8, 4) is 5.75 Å². The number of anilines is 3. The highest BCUT2D eigenvalue weighted by atomic mass is 32.1. The first-order valence-corrected chi connectivity index (χ1v) is 10.2. The summed E-state index contributed by atoms with van der Waals surface area (Å²) in [7, 11) is 0. The van der Waals surface area contributed by atoms with Gasteiger partial charge in [0.05, 0.1) is 29.2 Å². The molecular weight excluding hydrogens is 390 g/mol. The topological polar surface area (TPSA) is 136 Å². The molecule has 2 heterocycles. The summed E-state index contributed by atoms with van der Waals surface area (Å²) in [5.41, 5.74) is 9.09. The molecule has 1 aromatic carbocycles. The standard InChI is InChI=1S/C20H21N5O3S/c1-2-28-15-7-13(22)11(8-21)5-14(15)25-18-17-12-4-3-10(20(26)27)6-16(12)29-19(17)24-9-23-18/h5,7-10,21H,2-4,6,22H2,1H3,(H,26,27)(H,23,24,25)/p+1. The maximum atomic E-state index is 11.4. The molecule has 6 N–H and O–H groups in total. The van der Waals surface area contributed by atoms with Gasteiger partial charge in [-0.1, -0.05) is 0 Å². The number of ether oxygens (including phenoxy) is 1. The van der Waals surface area contributed by atoms with Gasteiger partial charge in [0.25, 0.3) is 0 Å². The predicted molar refractivity (Wildman–Crippen MR) is 113 cm³/mol. The van der Waals surface area contributed by atoms with Crippen LogP contribution < -0.4 is 21.2 Å². The van der Waals surface area contributed by atoms with Gasteiger partial charge in [0.15, 0.2) is 6.21 Å². The fraction of sp³-hybridized carbons (Fsp3) is 0.300. The lowest BCUT2D eigenvalue weighted by Gasteiger charge is -2.19. The molecule has 0 saturated heterocycles. The lowest BCUT2D eigenvalue weighted by Crippen LogP contribution is -2.30. The summed E-state index contributed by atoms with van der Waals surface area (Å²) in [6.45, 7) is 2.39. The van der Waals surface area contributed by atoms with E-state index < -0.39 is 5.97 Å². The summed E-state index contributed by atoms with van der Waals surface area (Å²) in [5.74, 6) is 0.183. The Morgan fingerprint density at radius 2 is 2.31 bits per heavy atom. The Morgan fingerprint density at radius 1 is 1.48 bits per heavy atom. The van der Waals surface area contributed by atoms with Crippen molar-refractivity contribution in [2.75, 3.05) is 17.7 Å². The van der Waals surface area contributed by atoms with Gasteiger partial charge in [-0.15, -0.1) is 11.3 Å². The molecule has 4 rings (SSSR count). The third-order valence-electron chi connectivity index (χ3n) is 5.11. The summed E-state index contributed by atoms with van der Waals surface area (Å²) in [6, 6.07) is 3.57. The summed E-state index contributed by atoms with van der Waals surface area (Å²) >= 11 is 1.54. The number of carbonyl (C=O) groups is 1. The van der Waals surface area contributed by atoms with Gasteiger partial charge in [0, 0.05) is 16.6 Å². The van der Waals surface area contributed by atoms with Crippen molar-refractivity contribution in [3.05, 3.63) is 34.5 Å². The fourth-order valence-corrected chi connectivity index (χ4v) is 4.94. The van der Waals surface area contributed by atoms with Crippen molar-refractivity contribution in [3.63, 3.8) is 0 Å². The van der Waals surface area contributed by atoms with Crippen LogP contribution in [0.2, 0.25) is 0 Å². The van der Waals surface area contributed by atoms with Crippen LogP contribution in [0.15, 0.2) is 18.5 Å². The molecule has 0 bridgehead atoms. The van der Waals surface area contributed by atoms with Crippen LogP contribution >= 0.6 is 11.3 Å². The molecule has 0 spiro atoms. The van der Waals surface area contributed by atoms with Crippen molar-refractivity contribution < 1.29 is 20.0 Å². The van der Waals surface area contributed by atoms with Gasteiger partial charge in [-0.25, -0.2) is 9.97 Å². The number of fused-ring (bicyclic) bond motifs is 3. The minimum atomic E-state index is -0.744. The molecule has 1 aliphatic carbocycles. The summed E-state index contributed by atoms with van der Waals surface area (Å²) < 4.78 is 5.73. The molecule has 0 radical (unpaired) electrons. The second-order valence-electron chi connectivity index (χ2n) is 6.89. The first kappa shape index (κ1) is 19.1. The molecule has 8 nitrogen and oxygen atoms in total. The summed E-state index contributed by atoms with van der Waals surface area (Å²) in [4.78, 5) is 22.2. The van der Waals surface area contributed by atoms with Crippen LogP contribution in [0.4, 0.5) is 17.2 Å². The molecule has 29 heavy (non-hydrogen) atoms. The lowest BCUT2D eigenvalue weighted by molar-refractivity contribution is -0.142. The maximum Gasteiger partial charge on any atom is 0.306 e. The number of nitrogens with one attached hydrogen (secondary N) is 1. The van der Waals surface area contributed by atoms with E-state index >= 15 is 0 Å². The molecule has 0 saturated carbocycles. The number of aliphatic carboxylic acids is 1. The Hall–Kier alpha value is -3.20. The third-order valence-corrected chi connectivity index (χ3v) is 6.27. The number of nitrogens with zero attached hydrogens (tertiary/aromatic N) is 2. The number of rotatable bonds is 6. The van der Waals surface area contributed by atoms with E-state index in [2.05, 4.69) is 15.3 Å². The normalized spacial score (nSPS) is 15.7. The van der Waals surface area contributed by atoms with E-state index in [0.29, 0.717) is 54.4 Å². The van der Waals surface area contributed by atoms with E-state index in [9.17, 15) is 9.90 Å². The number of nitrogens with two attached hydrogens (primary N) is 2. The van der Waals surface area contributed by atoms with Crippen molar-refractivity contribution in [1.82, 2.24) is 9.97 Å². The van der Waals surface area contributed by atoms with E-state index in [1.54, 1.807) is 6.07 Å². The first-order chi connectivity index (χ1) is 14.0. The third kappa shape index (κ3) is 3.49. The number of nitrogen functional groups attached to an aromatic ring is 1. The second kappa shape index (κ2) is 7.67. The van der Waals surface area contributed by atoms with E-state index in [0.717, 1.165) is 20.7 Å². The zero-order valence-corrected chi connectivity index (χ0v) is 16.8. The van der Waals surface area contributed by atoms with Gasteiger partial charge in [-0.2, -0.15) is 0 Å². The van der Waals surface area contributed by atoms with Crippen LogP contribution in [0.25, 0.3) is 10.2 Å². The lowest BCUT2D eigenvalue weighted by atomic mass is 9.88. The Labute approximate surface area is 171 Å². The molecule has 2 aromatic heterocycles. The van der Waals surface area contributed by atoms with Gasteiger partial charge in [0.1, 0.15) is 22.7 Å². The van der Waals surface area contributed by atoms with Gasteiger partial charge in [-0.05, 0) is 37.8 Å². The quantitative estimate of drug-likeness (QED) is 0.358. The molecule has 1 unspecified atom stereocenters. The van der Waals surface area contributed by atoms with E-state index in [-0.39, 0.29) is 5.92 Å². The van der Waals surface area contributed by atoms with E-state index in [4.69, 9.17) is 15.9 Å². The van der Waals surface area contributed by atoms with Crippen molar-refractivity contribution in [2.24, 2.45) is 5.92 Å². The predicted octanol–water partition coefficient (Wildman–Crippen LogP) is 1.78. The molecule has 0 fully saturated rings. The van der Waals surface area contributed by atoms with Crippen LogP contribution in [0, 0.1) is 5.92 Å². The zero-order valence-electron chi connectivity index (χ0n) is 15.9. The van der Waals surface area contributed by atoms with Gasteiger partial charge < -0.3 is 20.9 Å². The van der Waals surface area contributed by atoms with Crippen molar-refractivity contribution in [1.29, 1.82) is 0 Å². The van der Waals surface area contributed by atoms with Crippen LogP contribution in [0.5, 0.6) is 5.75 Å². The molecule has 1 aliphatic rings. The Bertz CT molecular complexity index is 1110. The average molecular weight is 412 g/mol. The molecular formula is C20H22N5O3S+. The maximum absolute atomic E-state index is 11.4. The zero-order chi connectivity index (χ0) is 20.5. The highest BCUT2D eigenvalue weighted by molar-refractivity contribution is 7.19. The van der Waals surface area contributed by atoms with Crippen molar-refractivity contribution >= 4 is 50.9 Å². The number of hydrogen-bond acceptors (Lipinski definition) is 7. The van der Waals surface area contributed by atoms with Crippen LogP contribution in [0.1, 0.15) is 29.3 Å². The van der Waals surface area contributed by atoms with E-state index in [1.807, 2.05) is 13.0 Å². The van der Waals surface area contributed by atoms with Crippen LogP contribution in [-0.2, 0) is 17.6 Å². The molecule has 1 atom stereocenters. The molecule has 9 heteroatoms. The number of carboxylic acid groups (broad SMARTS) is 1. The van der Waals surface area contributed by atoms with E-state index in [1.165, 1.54) is 23.9 Å². The monoisotopic (exact) mass is 412 g/mol. The van der Waals surface area contributed by atoms with Crippen LogP contribution in [0.3, 0.4) is 0 Å². The molecule has 0 aliphatic heterocycles. The SMILES string of the molecule is CCOc1cc(N)c(C=[NH2+])cc1Nc1ncnc2sc3c(c12)CCC(C(=O)O)C3. The molecule has 0 amide bonds. The van der Waals surface area contributed by atoms with Gasteiger partial charge >= 0.3 is 5.97 Å². The highest BCUT2D eigenvalue weighted by Crippen LogP contribution is 2.41. The number of aromatic nitrogens is 2.